The molecule has 0 bridgehead atoms. The van der Waals surface area contributed by atoms with Crippen LogP contribution in [0.15, 0.2) is 275 Å². The molecule has 0 aliphatic heterocycles. The molecule has 12 aromatic heterocycles. The van der Waals surface area contributed by atoms with E-state index in [0.717, 1.165) is 109 Å². The molecule has 0 unspecified atom stereocenters. The van der Waals surface area contributed by atoms with E-state index < -0.39 is 123 Å². The summed E-state index contributed by atoms with van der Waals surface area (Å²) in [5.74, 6) is -8.21. The molecule has 12 heterocycles. The predicted octanol–water partition coefficient (Wildman–Crippen LogP) is 18.0. The van der Waals surface area contributed by atoms with Crippen LogP contribution in [0.3, 0.4) is 0 Å². The van der Waals surface area contributed by atoms with Crippen molar-refractivity contribution in [1.82, 2.24) is 52.4 Å². The Kier molecular flexibility index (Phi) is 24.1. The highest BCUT2D eigenvalue weighted by molar-refractivity contribution is 7.91. The van der Waals surface area contributed by atoms with Gasteiger partial charge in [-0.25, -0.2) is 70.2 Å². The summed E-state index contributed by atoms with van der Waals surface area (Å²) in [6.45, 7) is 3.57. The molecule has 20 aromatic rings. The summed E-state index contributed by atoms with van der Waals surface area (Å²) >= 11 is 6.24. The molecular formula is C98H71ClF7N11O17S3. The Labute approximate surface area is 773 Å². The van der Waals surface area contributed by atoms with Gasteiger partial charge in [-0.2, -0.15) is 0 Å². The van der Waals surface area contributed by atoms with Crippen molar-refractivity contribution in [2.45, 2.75) is 58.1 Å². The minimum atomic E-state index is -4.11. The van der Waals surface area contributed by atoms with E-state index in [1.54, 1.807) is 59.5 Å². The Hall–Kier alpha value is -16.1. The van der Waals surface area contributed by atoms with Crippen LogP contribution in [-0.2, 0) is 56.2 Å². The molecule has 0 atom stereocenters. The fourth-order valence-electron chi connectivity index (χ4n) is 17.1. The number of aryl methyl sites for hydroxylation is 2. The van der Waals surface area contributed by atoms with E-state index in [-0.39, 0.29) is 100 Å². The summed E-state index contributed by atoms with van der Waals surface area (Å²) in [4.78, 5) is 102. The number of rotatable bonds is 19. The van der Waals surface area contributed by atoms with Crippen LogP contribution in [0.4, 0.5) is 30.7 Å². The molecule has 0 radical (unpaired) electrons. The van der Waals surface area contributed by atoms with Crippen LogP contribution in [0.2, 0.25) is 5.02 Å². The molecule has 7 N–H and O–H groups in total. The fraction of sp³-hybridized carbons (Fsp3) is 0.112. The van der Waals surface area contributed by atoms with Crippen molar-refractivity contribution < 1.29 is 88.0 Å². The molecular weight excluding hydrogens is 1870 g/mol. The van der Waals surface area contributed by atoms with Crippen molar-refractivity contribution in [2.75, 3.05) is 12.5 Å². The second kappa shape index (κ2) is 36.1. The lowest BCUT2D eigenvalue weighted by Crippen LogP contribution is -2.35. The number of carbonyl (C=O) groups excluding carboxylic acids is 3. The standard InChI is InChI=1S/C28H25N3O5S.2C24H16F3N3O5S.C22H14ClFN2O2/c1-16-5-6-19(17(2)14-16)15-31-22-10-7-18-11-13-36-26(18)24(22)23(21-4-3-12-29-27(21)32)25(31)28(33)30-37(34,35)20-8-9-20;1-36(33,34)29-24(32)21-19(15-3-2-7-28-23(15)31)20-18(10-17(27)14-6-8-35-22(14)20)30(21)11-12-9-13(25)4-5-16(12)26;1-36(33,34)29-24(32)21-18(15-3-2-7-28-23(15)31)19-20(17(27)10-12-6-8-35-22(12)19)30(21)11-13-9-14(25)4-5-16(13)26;23-17-12-28-21-15(17)7-8-19-20(21)16(14-5-3-9-25-22(14)27)11-26(19)10-13-4-1-2-6-18(13)24/h3-7,10-14,20H,8-9,15H2,1-2H3,(H,29,32)(H,30,33);2*2-10H,11H2,1H3,(H,28,31)(H,29,32);1-9,11-12H,10H2,(H,25,27). The predicted molar refractivity (Wildman–Crippen MR) is 501 cm³/mol. The van der Waals surface area contributed by atoms with Crippen LogP contribution in [0.1, 0.15) is 77.7 Å². The zero-order chi connectivity index (χ0) is 96.7. The quantitative estimate of drug-likeness (QED) is 0.0370. The number of hydrogen-bond acceptors (Lipinski definition) is 17. The Bertz CT molecular complexity index is 9050. The smallest absolute Gasteiger partial charge is 0.282 e. The van der Waals surface area contributed by atoms with Gasteiger partial charge in [0, 0.05) is 98.2 Å². The molecule has 137 heavy (non-hydrogen) atoms. The van der Waals surface area contributed by atoms with E-state index >= 15 is 8.78 Å². The molecule has 8 aromatic carbocycles. The first-order valence-corrected chi connectivity index (χ1v) is 47.3. The summed E-state index contributed by atoms with van der Waals surface area (Å²) in [6, 6.07) is 44.9. The fourth-order valence-corrected chi connectivity index (χ4v) is 19.4. The number of carbonyl (C=O) groups is 3. The second-order valence-electron chi connectivity index (χ2n) is 32.4. The first-order valence-electron chi connectivity index (χ1n) is 41.6. The Morgan fingerprint density at radius 1 is 0.409 bits per heavy atom. The van der Waals surface area contributed by atoms with E-state index in [9.17, 15) is 80.8 Å². The molecule has 3 amide bonds. The molecule has 694 valence electrons. The monoisotopic (exact) mass is 1940 g/mol. The maximum atomic E-state index is 15.6. The first-order chi connectivity index (χ1) is 65.5. The topological polar surface area (TPSA) is 393 Å². The number of furan rings is 4. The third-order valence-corrected chi connectivity index (χ3v) is 26.4. The molecule has 1 aliphatic rings. The number of hydrogen-bond donors (Lipinski definition) is 7. The number of H-pyrrole nitrogens is 4. The van der Waals surface area contributed by atoms with Gasteiger partial charge in [0.15, 0.2) is 0 Å². The summed E-state index contributed by atoms with van der Waals surface area (Å²) < 4.78 is 210. The van der Waals surface area contributed by atoms with E-state index in [4.69, 9.17) is 29.3 Å². The number of aromatic amines is 4. The maximum absolute atomic E-state index is 15.6. The number of benzene rings is 8. The van der Waals surface area contributed by atoms with Crippen molar-refractivity contribution in [3.05, 3.63) is 376 Å². The Morgan fingerprint density at radius 2 is 0.891 bits per heavy atom. The van der Waals surface area contributed by atoms with Crippen molar-refractivity contribution in [3.8, 4) is 44.5 Å². The molecule has 0 saturated heterocycles. The highest BCUT2D eigenvalue weighted by Crippen LogP contribution is 2.46. The number of sulfonamides is 3. The first kappa shape index (κ1) is 91.4. The van der Waals surface area contributed by atoms with Gasteiger partial charge in [-0.1, -0.05) is 53.6 Å². The van der Waals surface area contributed by atoms with Gasteiger partial charge in [-0.3, -0.25) is 33.6 Å². The van der Waals surface area contributed by atoms with Crippen LogP contribution in [-0.4, -0.2) is 98.9 Å². The van der Waals surface area contributed by atoms with Gasteiger partial charge in [-0.15, -0.1) is 0 Å². The van der Waals surface area contributed by atoms with Gasteiger partial charge >= 0.3 is 0 Å². The van der Waals surface area contributed by atoms with Crippen molar-refractivity contribution in [1.29, 1.82) is 0 Å². The van der Waals surface area contributed by atoms with Crippen LogP contribution in [0.25, 0.3) is 132 Å². The molecule has 28 nitrogen and oxygen atoms in total. The van der Waals surface area contributed by atoms with Gasteiger partial charge in [0.05, 0.1) is 127 Å². The number of amides is 3. The summed E-state index contributed by atoms with van der Waals surface area (Å²) in [6.07, 6.45) is 15.7. The summed E-state index contributed by atoms with van der Waals surface area (Å²) in [7, 11) is -12.0. The van der Waals surface area contributed by atoms with Crippen LogP contribution in [0, 0.1) is 54.6 Å². The van der Waals surface area contributed by atoms with E-state index in [2.05, 4.69) is 30.7 Å². The normalized spacial score (nSPS) is 12.4. The molecule has 1 saturated carbocycles. The highest BCUT2D eigenvalue weighted by atomic mass is 35.5. The third kappa shape index (κ3) is 17.7. The lowest BCUT2D eigenvalue weighted by Gasteiger charge is -2.15. The minimum Gasteiger partial charge on any atom is -0.464 e. The maximum Gasteiger partial charge on any atom is 0.282 e. The van der Waals surface area contributed by atoms with Crippen molar-refractivity contribution in [3.63, 3.8) is 0 Å². The zero-order valence-corrected chi connectivity index (χ0v) is 75.0. The minimum absolute atomic E-state index is 0.00415. The lowest BCUT2D eigenvalue weighted by molar-refractivity contribution is 0.0965. The number of fused-ring (bicyclic) bond motifs is 12. The third-order valence-electron chi connectivity index (χ3n) is 23.2. The van der Waals surface area contributed by atoms with Crippen molar-refractivity contribution in [2.24, 2.45) is 0 Å². The largest absolute Gasteiger partial charge is 0.464 e. The van der Waals surface area contributed by atoms with Crippen LogP contribution < -0.4 is 36.4 Å². The number of nitrogens with one attached hydrogen (secondary N) is 7. The molecule has 1 fully saturated rings. The molecule has 21 rings (SSSR count). The number of pyridine rings is 4. The van der Waals surface area contributed by atoms with Crippen LogP contribution >= 0.6 is 11.6 Å². The van der Waals surface area contributed by atoms with Crippen LogP contribution in [0.5, 0.6) is 0 Å². The van der Waals surface area contributed by atoms with Gasteiger partial charge < -0.3 is 55.9 Å². The molecule has 0 spiro atoms. The van der Waals surface area contributed by atoms with Gasteiger partial charge in [-0.05, 0) is 183 Å². The van der Waals surface area contributed by atoms with E-state index in [1.807, 2.05) is 76.5 Å². The second-order valence-corrected chi connectivity index (χ2v) is 38.2. The Balaban J connectivity index is 0.000000122. The summed E-state index contributed by atoms with van der Waals surface area (Å²) in [5, 5.41) is 3.31. The molecule has 39 heteroatoms. The average Bonchev–Trinajstić information content (AvgIpc) is 1.57. The van der Waals surface area contributed by atoms with E-state index in [0.29, 0.717) is 80.7 Å². The van der Waals surface area contributed by atoms with Gasteiger partial charge in [0.25, 0.3) is 40.0 Å². The molecule has 1 aliphatic carbocycles. The van der Waals surface area contributed by atoms with E-state index in [1.165, 1.54) is 79.8 Å². The Morgan fingerprint density at radius 3 is 1.45 bits per heavy atom. The van der Waals surface area contributed by atoms with Crippen molar-refractivity contribution >= 4 is 147 Å². The number of nitrogens with zero attached hydrogens (tertiary/aromatic N) is 4. The van der Waals surface area contributed by atoms with Gasteiger partial charge in [0.2, 0.25) is 30.1 Å². The number of aromatic nitrogens is 8. The lowest BCUT2D eigenvalue weighted by atomic mass is 10.0. The summed E-state index contributed by atoms with van der Waals surface area (Å²) in [5.41, 5.74) is 4.50. The number of halogens is 8. The highest BCUT2D eigenvalue weighted by Gasteiger charge is 2.40. The average molecular weight is 1940 g/mol. The van der Waals surface area contributed by atoms with Gasteiger partial charge in [0.1, 0.15) is 86.4 Å². The zero-order valence-electron chi connectivity index (χ0n) is 71.8. The SMILES string of the molecule is CS(=O)(=O)NC(=O)c1c(-c2ccc[nH]c2=O)c2c3occc3c(F)cc2n1Cc1cc(F)ccc1F.CS(=O)(=O)NC(=O)c1c(-c2ccc[nH]c2=O)c2c3occc3cc(F)c2n1Cc1cc(F)ccc1F.Cc1ccc(Cn2c(C(=O)NS(=O)(=O)C3CC3)c(-c3ccc[nH]c3=O)c3c4occc4ccc32)c(C)c1.O=c1[nH]cccc1-c1cn(Cc2ccccc2F)c2ccc3c(Cl)coc3c12.